The van der Waals surface area contributed by atoms with Crippen LogP contribution in [-0.2, 0) is 14.8 Å². The first-order valence-corrected chi connectivity index (χ1v) is 10.4. The first-order chi connectivity index (χ1) is 11.8. The van der Waals surface area contributed by atoms with Crippen LogP contribution in [0.4, 0.5) is 11.4 Å². The Morgan fingerprint density at radius 3 is 2.04 bits per heavy atom. The van der Waals surface area contributed by atoms with Gasteiger partial charge in [0.15, 0.2) is 0 Å². The van der Waals surface area contributed by atoms with Crippen molar-refractivity contribution in [3.05, 3.63) is 34.4 Å². The molecule has 0 unspecified atom stereocenters. The lowest BCUT2D eigenvalue weighted by atomic mass is 10.1. The number of hydrogen-bond acceptors (Lipinski definition) is 5. The summed E-state index contributed by atoms with van der Waals surface area (Å²) in [5, 5.41) is 10.7. The van der Waals surface area contributed by atoms with E-state index in [1.54, 1.807) is 0 Å². The lowest BCUT2D eigenvalue weighted by molar-refractivity contribution is -0.384. The van der Waals surface area contributed by atoms with Gasteiger partial charge in [-0.1, -0.05) is 45.4 Å². The highest BCUT2D eigenvalue weighted by Gasteiger charge is 2.25. The Bertz CT molecular complexity index is 671. The van der Waals surface area contributed by atoms with E-state index in [1.165, 1.54) is 43.5 Å². The van der Waals surface area contributed by atoms with Crippen molar-refractivity contribution in [1.29, 1.82) is 0 Å². The van der Waals surface area contributed by atoms with Crippen molar-refractivity contribution in [2.24, 2.45) is 0 Å². The van der Waals surface area contributed by atoms with E-state index in [0.717, 1.165) is 29.8 Å². The Labute approximate surface area is 149 Å². The number of nitro benzene ring substituents is 1. The Morgan fingerprint density at radius 2 is 1.56 bits per heavy atom. The normalized spacial score (nSPS) is 11.3. The van der Waals surface area contributed by atoms with E-state index < -0.39 is 20.9 Å². The number of nitro groups is 1. The number of unbranched alkanes of at least 4 members (excludes halogenated alkanes) is 6. The van der Waals surface area contributed by atoms with Crippen LogP contribution in [0.2, 0.25) is 0 Å². The summed E-state index contributed by atoms with van der Waals surface area (Å²) in [7, 11) is -3.79. The number of benzene rings is 1. The highest BCUT2D eigenvalue weighted by atomic mass is 32.2. The fourth-order valence-corrected chi connectivity index (χ4v) is 3.53. The third-order valence-corrected chi connectivity index (χ3v) is 4.93. The van der Waals surface area contributed by atoms with Crippen LogP contribution in [0, 0.1) is 10.1 Å². The van der Waals surface area contributed by atoms with E-state index in [1.807, 2.05) is 0 Å². The number of amides is 1. The molecule has 0 aliphatic carbocycles. The third kappa shape index (κ3) is 7.21. The molecule has 25 heavy (non-hydrogen) atoms. The second-order valence-electron chi connectivity index (χ2n) is 6.07. The van der Waals surface area contributed by atoms with Crippen LogP contribution < -0.4 is 4.31 Å². The monoisotopic (exact) mass is 370 g/mol. The first kappa shape index (κ1) is 21.1. The predicted molar refractivity (Wildman–Crippen MR) is 98.0 cm³/mol. The molecule has 0 aliphatic rings. The van der Waals surface area contributed by atoms with E-state index in [9.17, 15) is 23.3 Å². The summed E-state index contributed by atoms with van der Waals surface area (Å²) < 4.78 is 24.7. The number of carbonyl (C=O) groups excluding carboxylic acids is 1. The standard InChI is InChI=1S/C17H26N2O5S/c1-3-4-5-6-7-8-9-10-17(20)18(25(2,23)24)15-11-13-16(14-12-15)19(21)22/h11-14H,3-10H2,1-2H3. The van der Waals surface area contributed by atoms with Gasteiger partial charge in [0.1, 0.15) is 0 Å². The molecule has 0 N–H and O–H groups in total. The topological polar surface area (TPSA) is 97.6 Å². The Balaban J connectivity index is 2.67. The summed E-state index contributed by atoms with van der Waals surface area (Å²) in [4.78, 5) is 22.5. The number of carbonyl (C=O) groups is 1. The second-order valence-corrected chi connectivity index (χ2v) is 7.90. The Morgan fingerprint density at radius 1 is 1.04 bits per heavy atom. The molecule has 7 nitrogen and oxygen atoms in total. The molecule has 0 aromatic heterocycles. The molecule has 8 heteroatoms. The molecule has 0 saturated carbocycles. The molecule has 0 fully saturated rings. The van der Waals surface area contributed by atoms with Crippen LogP contribution in [0.1, 0.15) is 58.3 Å². The van der Waals surface area contributed by atoms with Crippen molar-refractivity contribution in [3.8, 4) is 0 Å². The highest BCUT2D eigenvalue weighted by Crippen LogP contribution is 2.23. The largest absolute Gasteiger partial charge is 0.273 e. The lowest BCUT2D eigenvalue weighted by Gasteiger charge is -2.20. The van der Waals surface area contributed by atoms with Gasteiger partial charge in [-0.3, -0.25) is 14.9 Å². The maximum Gasteiger partial charge on any atom is 0.269 e. The molecule has 0 saturated heterocycles. The lowest BCUT2D eigenvalue weighted by Crippen LogP contribution is -2.36. The maximum absolute atomic E-state index is 12.4. The molecule has 1 aromatic carbocycles. The van der Waals surface area contributed by atoms with Crippen molar-refractivity contribution < 1.29 is 18.1 Å². The zero-order chi connectivity index (χ0) is 18.9. The minimum atomic E-state index is -3.79. The molecular formula is C17H26N2O5S. The summed E-state index contributed by atoms with van der Waals surface area (Å²) in [5.74, 6) is -0.509. The quantitative estimate of drug-likeness (QED) is 0.333. The minimum Gasteiger partial charge on any atom is -0.273 e. The average molecular weight is 370 g/mol. The van der Waals surface area contributed by atoms with E-state index in [4.69, 9.17) is 0 Å². The molecule has 1 rings (SSSR count). The molecule has 0 radical (unpaired) electrons. The fourth-order valence-electron chi connectivity index (χ4n) is 2.57. The summed E-state index contributed by atoms with van der Waals surface area (Å²) >= 11 is 0. The maximum atomic E-state index is 12.4. The van der Waals surface area contributed by atoms with Crippen LogP contribution >= 0.6 is 0 Å². The summed E-state index contributed by atoms with van der Waals surface area (Å²) in [6.07, 6.45) is 8.33. The molecule has 1 amide bonds. The molecule has 0 atom stereocenters. The van der Waals surface area contributed by atoms with Crippen molar-refractivity contribution in [3.63, 3.8) is 0 Å². The molecule has 0 heterocycles. The van der Waals surface area contributed by atoms with Crippen molar-refractivity contribution in [1.82, 2.24) is 0 Å². The second kappa shape index (κ2) is 10.1. The molecule has 0 aliphatic heterocycles. The molecule has 0 spiro atoms. The van der Waals surface area contributed by atoms with Crippen molar-refractivity contribution >= 4 is 27.3 Å². The number of nitrogens with zero attached hydrogens (tertiary/aromatic N) is 2. The Kier molecular flexibility index (Phi) is 8.54. The van der Waals surface area contributed by atoms with Crippen LogP contribution in [0.25, 0.3) is 0 Å². The van der Waals surface area contributed by atoms with Gasteiger partial charge in [0.2, 0.25) is 15.9 Å². The van der Waals surface area contributed by atoms with Gasteiger partial charge in [0.05, 0.1) is 16.9 Å². The van der Waals surface area contributed by atoms with E-state index in [2.05, 4.69) is 6.92 Å². The number of hydrogen-bond donors (Lipinski definition) is 0. The number of non-ortho nitro benzene ring substituents is 1. The molecular weight excluding hydrogens is 344 g/mol. The molecule has 0 bridgehead atoms. The van der Waals surface area contributed by atoms with Gasteiger partial charge >= 0.3 is 0 Å². The fraction of sp³-hybridized carbons (Fsp3) is 0.588. The minimum absolute atomic E-state index is 0.126. The van der Waals surface area contributed by atoms with Gasteiger partial charge in [-0.25, -0.2) is 12.7 Å². The van der Waals surface area contributed by atoms with E-state index in [0.29, 0.717) is 6.42 Å². The van der Waals surface area contributed by atoms with Gasteiger partial charge in [-0.2, -0.15) is 0 Å². The van der Waals surface area contributed by atoms with Gasteiger partial charge in [-0.15, -0.1) is 0 Å². The Hall–Kier alpha value is -1.96. The van der Waals surface area contributed by atoms with Crippen molar-refractivity contribution in [2.45, 2.75) is 58.3 Å². The summed E-state index contributed by atoms with van der Waals surface area (Å²) in [6.45, 7) is 2.15. The summed E-state index contributed by atoms with van der Waals surface area (Å²) in [6, 6.07) is 4.94. The first-order valence-electron chi connectivity index (χ1n) is 8.55. The third-order valence-electron chi connectivity index (χ3n) is 3.85. The number of rotatable bonds is 11. The molecule has 1 aromatic rings. The average Bonchev–Trinajstić information content (AvgIpc) is 2.53. The predicted octanol–water partition coefficient (Wildman–Crippen LogP) is 4.03. The zero-order valence-electron chi connectivity index (χ0n) is 14.8. The van der Waals surface area contributed by atoms with Crippen LogP contribution in [-0.4, -0.2) is 25.5 Å². The van der Waals surface area contributed by atoms with Crippen LogP contribution in [0.15, 0.2) is 24.3 Å². The SMILES string of the molecule is CCCCCCCCCC(=O)N(c1ccc([N+](=O)[O-])cc1)S(C)(=O)=O. The van der Waals surface area contributed by atoms with Gasteiger partial charge in [0.25, 0.3) is 5.69 Å². The highest BCUT2D eigenvalue weighted by molar-refractivity contribution is 7.92. The number of sulfonamides is 1. The molecule has 140 valence electrons. The van der Waals surface area contributed by atoms with E-state index >= 15 is 0 Å². The van der Waals surface area contributed by atoms with Gasteiger partial charge in [0, 0.05) is 18.6 Å². The van der Waals surface area contributed by atoms with Crippen molar-refractivity contribution in [2.75, 3.05) is 10.6 Å². The van der Waals surface area contributed by atoms with Crippen LogP contribution in [0.3, 0.4) is 0 Å². The smallest absolute Gasteiger partial charge is 0.269 e. The van der Waals surface area contributed by atoms with Gasteiger partial charge in [-0.05, 0) is 18.6 Å². The zero-order valence-corrected chi connectivity index (χ0v) is 15.6. The van der Waals surface area contributed by atoms with Gasteiger partial charge < -0.3 is 0 Å². The number of anilines is 1. The summed E-state index contributed by atoms with van der Waals surface area (Å²) in [5.41, 5.74) is -0.0298. The van der Waals surface area contributed by atoms with Crippen LogP contribution in [0.5, 0.6) is 0 Å². The van der Waals surface area contributed by atoms with E-state index in [-0.39, 0.29) is 17.8 Å².